The van der Waals surface area contributed by atoms with E-state index in [2.05, 4.69) is 53.5 Å². The highest BCUT2D eigenvalue weighted by Crippen LogP contribution is 2.25. The summed E-state index contributed by atoms with van der Waals surface area (Å²) < 4.78 is 2.32. The van der Waals surface area contributed by atoms with Crippen LogP contribution in [0, 0.1) is 0 Å². The molecule has 0 aliphatic carbocycles. The van der Waals surface area contributed by atoms with E-state index >= 15 is 0 Å². The van der Waals surface area contributed by atoms with Crippen molar-refractivity contribution in [2.24, 2.45) is 0 Å². The highest BCUT2D eigenvalue weighted by atomic mass is 28.4. The summed E-state index contributed by atoms with van der Waals surface area (Å²) in [6, 6.07) is -0.459. The molecule has 1 unspecified atom stereocenters. The van der Waals surface area contributed by atoms with Gasteiger partial charge in [0.05, 0.1) is 6.33 Å². The lowest BCUT2D eigenvalue weighted by Gasteiger charge is -2.47. The molecular formula is C12H25N3O2Si2. The number of carboxylic acids is 1. The Balaban J connectivity index is 3.10. The smallest absolute Gasteiger partial charge is 0.320 e. The Kier molecular flexibility index (Phi) is 4.75. The van der Waals surface area contributed by atoms with Gasteiger partial charge in [0.1, 0.15) is 22.5 Å². The van der Waals surface area contributed by atoms with Gasteiger partial charge in [0.25, 0.3) is 0 Å². The van der Waals surface area contributed by atoms with Crippen molar-refractivity contribution >= 4 is 22.4 Å². The van der Waals surface area contributed by atoms with Gasteiger partial charge in [-0.3, -0.25) is 4.79 Å². The Labute approximate surface area is 117 Å². The summed E-state index contributed by atoms with van der Waals surface area (Å²) in [5, 5.41) is 9.64. The van der Waals surface area contributed by atoms with Crippen LogP contribution in [0.4, 0.5) is 0 Å². The molecule has 0 aliphatic heterocycles. The van der Waals surface area contributed by atoms with E-state index in [9.17, 15) is 9.90 Å². The Morgan fingerprint density at radius 2 is 1.84 bits per heavy atom. The molecule has 19 heavy (non-hydrogen) atoms. The number of imidazole rings is 1. The molecule has 0 radical (unpaired) electrons. The third-order valence-corrected chi connectivity index (χ3v) is 10.5. The van der Waals surface area contributed by atoms with Crippen molar-refractivity contribution in [2.75, 3.05) is 0 Å². The van der Waals surface area contributed by atoms with Gasteiger partial charge in [-0.05, 0) is 0 Å². The summed E-state index contributed by atoms with van der Waals surface area (Å²) in [7, 11) is -3.40. The topological polar surface area (TPSA) is 69.2 Å². The van der Waals surface area contributed by atoms with E-state index in [1.807, 2.05) is 0 Å². The molecule has 0 saturated heterocycles. The van der Waals surface area contributed by atoms with Gasteiger partial charge in [0.15, 0.2) is 0 Å². The van der Waals surface area contributed by atoms with Crippen molar-refractivity contribution in [3.8, 4) is 0 Å². The normalized spacial score (nSPS) is 14.7. The molecule has 1 heterocycles. The third-order valence-electron chi connectivity index (χ3n) is 3.01. The largest absolute Gasteiger partial charge is 0.480 e. The fraction of sp³-hybridized carbons (Fsp3) is 0.667. The van der Waals surface area contributed by atoms with Crippen molar-refractivity contribution in [2.45, 2.75) is 51.7 Å². The molecule has 1 atom stereocenters. The summed E-state index contributed by atoms with van der Waals surface area (Å²) in [5.41, 5.74) is 0.883. The lowest BCUT2D eigenvalue weighted by Crippen LogP contribution is -2.65. The molecule has 0 aromatic carbocycles. The van der Waals surface area contributed by atoms with Crippen LogP contribution < -0.4 is 0 Å². The molecule has 1 aromatic heterocycles. The second-order valence-corrected chi connectivity index (χ2v) is 16.9. The maximum absolute atomic E-state index is 11.7. The minimum Gasteiger partial charge on any atom is -0.480 e. The minimum atomic E-state index is -1.70. The number of hydrogen-bond acceptors (Lipinski definition) is 3. The van der Waals surface area contributed by atoms with E-state index in [4.69, 9.17) is 0 Å². The number of nitrogens with one attached hydrogen (secondary N) is 1. The lowest BCUT2D eigenvalue weighted by molar-refractivity contribution is -0.140. The summed E-state index contributed by atoms with van der Waals surface area (Å²) in [6.07, 6.45) is 3.80. The Morgan fingerprint density at radius 3 is 2.16 bits per heavy atom. The number of rotatable bonds is 6. The van der Waals surface area contributed by atoms with Crippen molar-refractivity contribution in [3.05, 3.63) is 18.2 Å². The van der Waals surface area contributed by atoms with Gasteiger partial charge in [-0.25, -0.2) is 4.98 Å². The van der Waals surface area contributed by atoms with Crippen LogP contribution in [0.3, 0.4) is 0 Å². The maximum atomic E-state index is 11.7. The summed E-state index contributed by atoms with van der Waals surface area (Å²) in [4.78, 5) is 18.7. The van der Waals surface area contributed by atoms with Crippen LogP contribution in [-0.4, -0.2) is 47.8 Å². The fourth-order valence-electron chi connectivity index (χ4n) is 2.83. The number of carbonyl (C=O) groups is 1. The molecule has 0 bridgehead atoms. The van der Waals surface area contributed by atoms with E-state index in [1.165, 1.54) is 0 Å². The van der Waals surface area contributed by atoms with Crippen LogP contribution in [0.5, 0.6) is 0 Å². The number of nitrogens with zero attached hydrogens (tertiary/aromatic N) is 2. The first-order chi connectivity index (χ1) is 8.53. The van der Waals surface area contributed by atoms with Crippen molar-refractivity contribution in [1.82, 2.24) is 14.2 Å². The van der Waals surface area contributed by atoms with Crippen LogP contribution in [-0.2, 0) is 11.2 Å². The number of hydrogen-bond donors (Lipinski definition) is 2. The third kappa shape index (κ3) is 4.29. The molecular weight excluding hydrogens is 274 g/mol. The van der Waals surface area contributed by atoms with Gasteiger partial charge < -0.3 is 14.3 Å². The van der Waals surface area contributed by atoms with Crippen LogP contribution in [0.1, 0.15) is 5.69 Å². The molecule has 5 nitrogen and oxygen atoms in total. The van der Waals surface area contributed by atoms with Crippen LogP contribution in [0.25, 0.3) is 0 Å². The Hall–Kier alpha value is -0.926. The van der Waals surface area contributed by atoms with Gasteiger partial charge >= 0.3 is 5.97 Å². The lowest BCUT2D eigenvalue weighted by atomic mass is 10.2. The van der Waals surface area contributed by atoms with Gasteiger partial charge in [0, 0.05) is 18.3 Å². The predicted molar refractivity (Wildman–Crippen MR) is 82.2 cm³/mol. The Bertz CT molecular complexity index is 407. The van der Waals surface area contributed by atoms with Crippen molar-refractivity contribution in [1.29, 1.82) is 0 Å². The number of H-pyrrole nitrogens is 1. The monoisotopic (exact) mass is 299 g/mol. The molecule has 0 amide bonds. The van der Waals surface area contributed by atoms with Gasteiger partial charge in [-0.1, -0.05) is 39.3 Å². The zero-order valence-corrected chi connectivity index (χ0v) is 14.7. The molecule has 108 valence electrons. The molecule has 0 saturated carbocycles. The van der Waals surface area contributed by atoms with Crippen LogP contribution >= 0.6 is 0 Å². The standard InChI is InChI=1S/C12H25N3O2Si2/c1-18(2,3)15(19(4,5)6)11(12(16)17)7-10-8-13-9-14-10/h8-9,11H,7H2,1-6H3,(H,13,14)(H,16,17). The summed E-state index contributed by atoms with van der Waals surface area (Å²) in [5.74, 6) is -0.737. The first-order valence-electron chi connectivity index (χ1n) is 6.53. The van der Waals surface area contributed by atoms with Crippen LogP contribution in [0.15, 0.2) is 12.5 Å². The van der Waals surface area contributed by atoms with Crippen molar-refractivity contribution < 1.29 is 9.90 Å². The van der Waals surface area contributed by atoms with E-state index in [-0.39, 0.29) is 0 Å². The highest BCUT2D eigenvalue weighted by molar-refractivity contribution is 6.89. The summed E-state index contributed by atoms with van der Waals surface area (Å²) >= 11 is 0. The quantitative estimate of drug-likeness (QED) is 0.791. The average molecular weight is 300 g/mol. The average Bonchev–Trinajstić information content (AvgIpc) is 2.64. The SMILES string of the molecule is C[Si](C)(C)N(C(Cc1cnc[nH]1)C(=O)O)[Si](C)(C)C. The van der Waals surface area contributed by atoms with Crippen molar-refractivity contribution in [3.63, 3.8) is 0 Å². The molecule has 0 aliphatic rings. The number of aliphatic carboxylic acids is 1. The van der Waals surface area contributed by atoms with E-state index < -0.39 is 28.5 Å². The number of carboxylic acid groups (broad SMARTS) is 1. The molecule has 0 fully saturated rings. The zero-order valence-electron chi connectivity index (χ0n) is 12.7. The zero-order chi connectivity index (χ0) is 14.8. The summed E-state index contributed by atoms with van der Waals surface area (Å²) in [6.45, 7) is 13.3. The van der Waals surface area contributed by atoms with Crippen LogP contribution in [0.2, 0.25) is 39.3 Å². The molecule has 7 heteroatoms. The van der Waals surface area contributed by atoms with Gasteiger partial charge in [-0.2, -0.15) is 0 Å². The molecule has 1 aromatic rings. The molecule has 2 N–H and O–H groups in total. The maximum Gasteiger partial charge on any atom is 0.320 e. The minimum absolute atomic E-state index is 0.459. The van der Waals surface area contributed by atoms with E-state index in [0.717, 1.165) is 5.69 Å². The predicted octanol–water partition coefficient (Wildman–Crippen LogP) is 2.38. The fourth-order valence-corrected chi connectivity index (χ4v) is 13.2. The first-order valence-corrected chi connectivity index (χ1v) is 13.4. The van der Waals surface area contributed by atoms with E-state index in [1.54, 1.807) is 12.5 Å². The molecule has 0 spiro atoms. The van der Waals surface area contributed by atoms with Gasteiger partial charge in [0.2, 0.25) is 0 Å². The Morgan fingerprint density at radius 1 is 1.32 bits per heavy atom. The second-order valence-electron chi connectivity index (χ2n) is 6.85. The highest BCUT2D eigenvalue weighted by Gasteiger charge is 2.42. The number of aromatic nitrogens is 2. The second kappa shape index (κ2) is 5.60. The number of aromatic amines is 1. The molecule has 1 rings (SSSR count). The first kappa shape index (κ1) is 16.1. The van der Waals surface area contributed by atoms with Gasteiger partial charge in [-0.15, -0.1) is 0 Å². The van der Waals surface area contributed by atoms with E-state index in [0.29, 0.717) is 6.42 Å².